The first-order valence-electron chi connectivity index (χ1n) is 6.46. The van der Waals surface area contributed by atoms with Gasteiger partial charge in [0.15, 0.2) is 11.6 Å². The van der Waals surface area contributed by atoms with Gasteiger partial charge in [-0.15, -0.1) is 0 Å². The highest BCUT2D eigenvalue weighted by Gasteiger charge is 2.40. The van der Waals surface area contributed by atoms with Gasteiger partial charge in [-0.1, -0.05) is 0 Å². The van der Waals surface area contributed by atoms with E-state index in [-0.39, 0.29) is 17.2 Å². The van der Waals surface area contributed by atoms with Gasteiger partial charge in [-0.05, 0) is 25.1 Å². The summed E-state index contributed by atoms with van der Waals surface area (Å²) in [4.78, 5) is -0.226. The monoisotopic (exact) mass is 319 g/mol. The van der Waals surface area contributed by atoms with E-state index in [4.69, 9.17) is 9.47 Å². The summed E-state index contributed by atoms with van der Waals surface area (Å²) in [5.41, 5.74) is -1.25. The van der Waals surface area contributed by atoms with Gasteiger partial charge in [-0.25, -0.2) is 17.5 Å². The second-order valence-corrected chi connectivity index (χ2v) is 6.75. The minimum absolute atomic E-state index is 0.0367. The number of sulfonamides is 1. The van der Waals surface area contributed by atoms with Crippen molar-refractivity contribution in [2.45, 2.75) is 29.9 Å². The maximum Gasteiger partial charge on any atom is 0.240 e. The molecule has 2 atom stereocenters. The highest BCUT2D eigenvalue weighted by atomic mass is 32.2. The maximum atomic E-state index is 13.6. The molecule has 1 fully saturated rings. The van der Waals surface area contributed by atoms with Crippen LogP contribution in [0.2, 0.25) is 0 Å². The van der Waals surface area contributed by atoms with Crippen LogP contribution in [0.1, 0.15) is 13.3 Å². The van der Waals surface area contributed by atoms with Crippen molar-refractivity contribution in [3.63, 3.8) is 0 Å². The number of aliphatic hydroxyl groups is 1. The van der Waals surface area contributed by atoms with Gasteiger partial charge in [0.05, 0.1) is 18.1 Å². The molecule has 8 heteroatoms. The molecule has 0 radical (unpaired) electrons. The van der Waals surface area contributed by atoms with Crippen molar-refractivity contribution in [3.05, 3.63) is 24.0 Å². The Bertz CT molecular complexity index is 621. The van der Waals surface area contributed by atoms with Gasteiger partial charge in [0, 0.05) is 19.6 Å². The standard InChI is InChI=1S/C13H18FNO5S/c1-9-13(16,5-6-20-9)8-15-21(17,18)10-3-4-12(19-2)11(14)7-10/h3-4,7,9,15-16H,5-6,8H2,1-2H3. The number of hydrogen-bond acceptors (Lipinski definition) is 5. The lowest BCUT2D eigenvalue weighted by Crippen LogP contribution is -2.47. The van der Waals surface area contributed by atoms with Crippen molar-refractivity contribution >= 4 is 10.0 Å². The van der Waals surface area contributed by atoms with Crippen LogP contribution in [0.3, 0.4) is 0 Å². The van der Waals surface area contributed by atoms with Crippen LogP contribution >= 0.6 is 0 Å². The minimum atomic E-state index is -3.92. The lowest BCUT2D eigenvalue weighted by molar-refractivity contribution is -0.0228. The third kappa shape index (κ3) is 3.34. The molecule has 2 unspecified atom stereocenters. The zero-order valence-corrected chi connectivity index (χ0v) is 12.6. The van der Waals surface area contributed by atoms with E-state index < -0.39 is 27.5 Å². The molecule has 1 aliphatic rings. The number of ether oxygens (including phenoxy) is 2. The first-order valence-corrected chi connectivity index (χ1v) is 7.94. The van der Waals surface area contributed by atoms with E-state index in [1.165, 1.54) is 19.2 Å². The fourth-order valence-electron chi connectivity index (χ4n) is 2.12. The number of rotatable bonds is 5. The molecular weight excluding hydrogens is 301 g/mol. The Morgan fingerprint density at radius 1 is 1.57 bits per heavy atom. The molecule has 1 aromatic rings. The number of hydrogen-bond donors (Lipinski definition) is 2. The van der Waals surface area contributed by atoms with Crippen molar-refractivity contribution < 1.29 is 27.4 Å². The summed E-state index contributed by atoms with van der Waals surface area (Å²) in [6.07, 6.45) is -0.124. The molecule has 1 aromatic carbocycles. The summed E-state index contributed by atoms with van der Waals surface area (Å²) in [5, 5.41) is 10.3. The van der Waals surface area contributed by atoms with E-state index in [1.54, 1.807) is 6.92 Å². The lowest BCUT2D eigenvalue weighted by Gasteiger charge is -2.26. The molecule has 0 aliphatic carbocycles. The molecule has 21 heavy (non-hydrogen) atoms. The molecule has 1 heterocycles. The molecule has 2 rings (SSSR count). The average Bonchev–Trinajstić information content (AvgIpc) is 2.77. The Balaban J connectivity index is 2.13. The Morgan fingerprint density at radius 2 is 2.29 bits per heavy atom. The Kier molecular flexibility index (Phi) is 4.52. The van der Waals surface area contributed by atoms with Gasteiger partial charge in [0.25, 0.3) is 0 Å². The van der Waals surface area contributed by atoms with Crippen LogP contribution in [0.25, 0.3) is 0 Å². The van der Waals surface area contributed by atoms with Crippen LogP contribution in [0.4, 0.5) is 4.39 Å². The van der Waals surface area contributed by atoms with E-state index >= 15 is 0 Å². The molecular formula is C13H18FNO5S. The van der Waals surface area contributed by atoms with Gasteiger partial charge < -0.3 is 14.6 Å². The third-order valence-corrected chi connectivity index (χ3v) is 5.06. The van der Waals surface area contributed by atoms with Gasteiger partial charge in [0.2, 0.25) is 10.0 Å². The molecule has 2 N–H and O–H groups in total. The summed E-state index contributed by atoms with van der Waals surface area (Å²) in [6.45, 7) is 1.86. The fraction of sp³-hybridized carbons (Fsp3) is 0.538. The van der Waals surface area contributed by atoms with Crippen molar-refractivity contribution in [1.82, 2.24) is 4.72 Å². The highest BCUT2D eigenvalue weighted by Crippen LogP contribution is 2.26. The SMILES string of the molecule is COc1ccc(S(=O)(=O)NCC2(O)CCOC2C)cc1F. The summed E-state index contributed by atoms with van der Waals surface area (Å²) in [6, 6.07) is 3.35. The number of nitrogens with one attached hydrogen (secondary N) is 1. The van der Waals surface area contributed by atoms with Crippen molar-refractivity contribution in [3.8, 4) is 5.75 Å². The summed E-state index contributed by atoms with van der Waals surface area (Å²) in [7, 11) is -2.62. The van der Waals surface area contributed by atoms with E-state index in [0.29, 0.717) is 13.0 Å². The molecule has 0 saturated carbocycles. The smallest absolute Gasteiger partial charge is 0.240 e. The Morgan fingerprint density at radius 3 is 2.81 bits per heavy atom. The predicted octanol–water partition coefficient (Wildman–Crippen LogP) is 0.652. The zero-order chi connectivity index (χ0) is 15.7. The van der Waals surface area contributed by atoms with Crippen molar-refractivity contribution in [1.29, 1.82) is 0 Å². The first kappa shape index (κ1) is 16.2. The Hall–Kier alpha value is -1.22. The summed E-state index contributed by atoms with van der Waals surface area (Å²) >= 11 is 0. The second-order valence-electron chi connectivity index (χ2n) is 4.99. The highest BCUT2D eigenvalue weighted by molar-refractivity contribution is 7.89. The normalized spacial score (nSPS) is 26.0. The topological polar surface area (TPSA) is 84.9 Å². The van der Waals surface area contributed by atoms with Crippen LogP contribution in [0.15, 0.2) is 23.1 Å². The van der Waals surface area contributed by atoms with Crippen LogP contribution < -0.4 is 9.46 Å². The van der Waals surface area contributed by atoms with E-state index in [9.17, 15) is 17.9 Å². The van der Waals surface area contributed by atoms with E-state index in [2.05, 4.69) is 4.72 Å². The van der Waals surface area contributed by atoms with Gasteiger partial charge >= 0.3 is 0 Å². The molecule has 1 aliphatic heterocycles. The van der Waals surface area contributed by atoms with Crippen LogP contribution in [-0.4, -0.2) is 45.5 Å². The zero-order valence-electron chi connectivity index (χ0n) is 11.8. The van der Waals surface area contributed by atoms with Gasteiger partial charge in [-0.3, -0.25) is 0 Å². The molecule has 0 aromatic heterocycles. The number of halogens is 1. The van der Waals surface area contributed by atoms with E-state index in [1.807, 2.05) is 0 Å². The molecule has 0 spiro atoms. The number of benzene rings is 1. The average molecular weight is 319 g/mol. The number of methoxy groups -OCH3 is 1. The molecule has 1 saturated heterocycles. The Labute approximate surface area is 122 Å². The molecule has 6 nitrogen and oxygen atoms in total. The molecule has 118 valence electrons. The van der Waals surface area contributed by atoms with Gasteiger partial charge in [0.1, 0.15) is 5.60 Å². The second kappa shape index (κ2) is 5.88. The summed E-state index contributed by atoms with van der Waals surface area (Å²) < 4.78 is 50.1. The van der Waals surface area contributed by atoms with E-state index in [0.717, 1.165) is 6.07 Å². The maximum absolute atomic E-state index is 13.6. The molecule has 0 bridgehead atoms. The fourth-order valence-corrected chi connectivity index (χ4v) is 3.23. The minimum Gasteiger partial charge on any atom is -0.494 e. The molecule has 0 amide bonds. The van der Waals surface area contributed by atoms with Crippen LogP contribution in [0.5, 0.6) is 5.75 Å². The largest absolute Gasteiger partial charge is 0.494 e. The summed E-state index contributed by atoms with van der Waals surface area (Å²) in [5.74, 6) is -0.804. The van der Waals surface area contributed by atoms with Crippen LogP contribution in [0, 0.1) is 5.82 Å². The quantitative estimate of drug-likeness (QED) is 0.832. The van der Waals surface area contributed by atoms with Crippen molar-refractivity contribution in [2.24, 2.45) is 0 Å². The first-order chi connectivity index (χ1) is 9.78. The lowest BCUT2D eigenvalue weighted by atomic mass is 9.97. The van der Waals surface area contributed by atoms with Gasteiger partial charge in [-0.2, -0.15) is 0 Å². The van der Waals surface area contributed by atoms with Crippen LogP contribution in [-0.2, 0) is 14.8 Å². The van der Waals surface area contributed by atoms with Crippen molar-refractivity contribution in [2.75, 3.05) is 20.3 Å². The predicted molar refractivity (Wildman–Crippen MR) is 73.1 cm³/mol. The third-order valence-electron chi connectivity index (χ3n) is 3.66.